The van der Waals surface area contributed by atoms with Crippen molar-refractivity contribution in [3.63, 3.8) is 0 Å². The molecule has 0 radical (unpaired) electrons. The number of hydrogen-bond acceptors (Lipinski definition) is 4. The lowest BCUT2D eigenvalue weighted by molar-refractivity contribution is -0.143. The number of hydrogen-bond donors (Lipinski definition) is 1. The Balaban J connectivity index is 1.38. The molecule has 2 aliphatic heterocycles. The lowest BCUT2D eigenvalue weighted by atomic mass is 10.0. The molecule has 26 heavy (non-hydrogen) atoms. The van der Waals surface area contributed by atoms with Crippen molar-refractivity contribution in [2.45, 2.75) is 25.7 Å². The Morgan fingerprint density at radius 3 is 2.12 bits per heavy atom. The van der Waals surface area contributed by atoms with Gasteiger partial charge in [0.05, 0.1) is 0 Å². The van der Waals surface area contributed by atoms with Crippen LogP contribution in [0.1, 0.15) is 25.7 Å². The summed E-state index contributed by atoms with van der Waals surface area (Å²) >= 11 is 0. The minimum Gasteiger partial charge on any atom is -0.372 e. The highest BCUT2D eigenvalue weighted by molar-refractivity contribution is 6.13. The van der Waals surface area contributed by atoms with Gasteiger partial charge in [0.1, 0.15) is 5.41 Å². The molecule has 1 N–H and O–H groups in total. The molecule has 140 valence electrons. The van der Waals surface area contributed by atoms with Gasteiger partial charge in [-0.25, -0.2) is 0 Å². The van der Waals surface area contributed by atoms with Gasteiger partial charge >= 0.3 is 0 Å². The van der Waals surface area contributed by atoms with E-state index in [0.717, 1.165) is 45.0 Å². The van der Waals surface area contributed by atoms with Crippen LogP contribution >= 0.6 is 0 Å². The van der Waals surface area contributed by atoms with Crippen LogP contribution in [0.2, 0.25) is 0 Å². The smallest absolute Gasteiger partial charge is 0.240 e. The lowest BCUT2D eigenvalue weighted by Gasteiger charge is -2.34. The van der Waals surface area contributed by atoms with E-state index in [0.29, 0.717) is 12.8 Å². The predicted octanol–water partition coefficient (Wildman–Crippen LogP) is 1.78. The molecule has 6 nitrogen and oxygen atoms in total. The summed E-state index contributed by atoms with van der Waals surface area (Å²) in [6.45, 7) is 5.40. The van der Waals surface area contributed by atoms with Crippen LogP contribution < -0.4 is 10.2 Å². The third-order valence-corrected chi connectivity index (χ3v) is 5.98. The van der Waals surface area contributed by atoms with Gasteiger partial charge in [-0.1, -0.05) is 0 Å². The zero-order valence-electron chi connectivity index (χ0n) is 15.5. The maximum atomic E-state index is 12.9. The van der Waals surface area contributed by atoms with Crippen LogP contribution in [0.5, 0.6) is 0 Å². The molecule has 1 aliphatic carbocycles. The van der Waals surface area contributed by atoms with E-state index in [1.54, 1.807) is 0 Å². The maximum absolute atomic E-state index is 12.9. The molecule has 0 aromatic heterocycles. The van der Waals surface area contributed by atoms with E-state index in [1.165, 1.54) is 18.5 Å². The Bertz CT molecular complexity index is 670. The molecule has 2 heterocycles. The fraction of sp³-hybridized carbons (Fsp3) is 0.600. The van der Waals surface area contributed by atoms with Crippen molar-refractivity contribution in [3.8, 4) is 0 Å². The molecular weight excluding hydrogens is 328 g/mol. The highest BCUT2D eigenvalue weighted by atomic mass is 16.2. The molecule has 1 aromatic carbocycles. The summed E-state index contributed by atoms with van der Waals surface area (Å²) in [5, 5.41) is 2.98. The summed E-state index contributed by atoms with van der Waals surface area (Å²) in [4.78, 5) is 32.1. The summed E-state index contributed by atoms with van der Waals surface area (Å²) in [7, 11) is 2.06. The van der Waals surface area contributed by atoms with Crippen molar-refractivity contribution < 1.29 is 9.59 Å². The Hall–Kier alpha value is -2.08. The normalized spacial score (nSPS) is 22.3. The van der Waals surface area contributed by atoms with Gasteiger partial charge < -0.3 is 20.0 Å². The van der Waals surface area contributed by atoms with Crippen molar-refractivity contribution in [2.24, 2.45) is 5.41 Å². The first kappa shape index (κ1) is 17.3. The van der Waals surface area contributed by atoms with Gasteiger partial charge in [-0.3, -0.25) is 9.59 Å². The van der Waals surface area contributed by atoms with Crippen LogP contribution in [0.3, 0.4) is 0 Å². The first-order valence-electron chi connectivity index (χ1n) is 9.73. The molecule has 4 rings (SSSR count). The molecule has 2 amide bonds. The summed E-state index contributed by atoms with van der Waals surface area (Å²) in [6, 6.07) is 8.01. The van der Waals surface area contributed by atoms with Crippen LogP contribution in [0.25, 0.3) is 0 Å². The predicted molar refractivity (Wildman–Crippen MR) is 102 cm³/mol. The van der Waals surface area contributed by atoms with Crippen molar-refractivity contribution in [1.82, 2.24) is 9.80 Å². The van der Waals surface area contributed by atoms with Crippen molar-refractivity contribution in [1.29, 1.82) is 0 Å². The molecule has 1 saturated carbocycles. The number of amides is 2. The van der Waals surface area contributed by atoms with E-state index >= 15 is 0 Å². The monoisotopic (exact) mass is 356 g/mol. The molecule has 0 atom stereocenters. The van der Waals surface area contributed by atoms with Gasteiger partial charge in [0, 0.05) is 50.6 Å². The second-order valence-electron chi connectivity index (χ2n) is 7.87. The lowest BCUT2D eigenvalue weighted by Crippen LogP contribution is -2.51. The minimum atomic E-state index is -0.830. The van der Waals surface area contributed by atoms with E-state index in [4.69, 9.17) is 0 Å². The zero-order valence-corrected chi connectivity index (χ0v) is 15.5. The molecular formula is C20H28N4O2. The van der Waals surface area contributed by atoms with Gasteiger partial charge in [-0.05, 0) is 57.0 Å². The number of nitrogens with one attached hydrogen (secondary N) is 1. The molecule has 3 fully saturated rings. The third kappa shape index (κ3) is 3.30. The van der Waals surface area contributed by atoms with E-state index < -0.39 is 5.41 Å². The number of carbonyl (C=O) groups is 2. The second kappa shape index (κ2) is 6.91. The Morgan fingerprint density at radius 1 is 0.923 bits per heavy atom. The molecule has 0 spiro atoms. The van der Waals surface area contributed by atoms with Crippen molar-refractivity contribution in [2.75, 3.05) is 56.5 Å². The van der Waals surface area contributed by atoms with E-state index in [1.807, 2.05) is 17.0 Å². The van der Waals surface area contributed by atoms with Gasteiger partial charge in [-0.15, -0.1) is 0 Å². The second-order valence-corrected chi connectivity index (χ2v) is 7.87. The Labute approximate surface area is 155 Å². The fourth-order valence-electron chi connectivity index (χ4n) is 3.96. The van der Waals surface area contributed by atoms with Crippen LogP contribution in [0.4, 0.5) is 11.4 Å². The summed E-state index contributed by atoms with van der Waals surface area (Å²) in [5.74, 6) is -0.132. The topological polar surface area (TPSA) is 55.9 Å². The van der Waals surface area contributed by atoms with Gasteiger partial charge in [-0.2, -0.15) is 0 Å². The average Bonchev–Trinajstić information content (AvgIpc) is 3.30. The van der Waals surface area contributed by atoms with E-state index in [2.05, 4.69) is 34.3 Å². The number of rotatable bonds is 4. The Morgan fingerprint density at radius 2 is 1.54 bits per heavy atom. The summed E-state index contributed by atoms with van der Waals surface area (Å²) < 4.78 is 0. The van der Waals surface area contributed by atoms with Crippen molar-refractivity contribution in [3.05, 3.63) is 24.3 Å². The summed E-state index contributed by atoms with van der Waals surface area (Å²) in [5.41, 5.74) is 1.15. The number of carbonyl (C=O) groups excluding carboxylic acids is 2. The molecule has 1 aromatic rings. The number of likely N-dealkylation sites (N-methyl/N-ethyl adjacent to an activating group) is 1. The van der Waals surface area contributed by atoms with Crippen LogP contribution in [0.15, 0.2) is 24.3 Å². The SMILES string of the molecule is CN1CCN(C(=O)C2(C(=O)Nc3ccc(N4CCCC4)cc3)CC2)CC1. The Kier molecular flexibility index (Phi) is 4.61. The number of piperazine rings is 1. The first-order chi connectivity index (χ1) is 12.6. The van der Waals surface area contributed by atoms with E-state index in [-0.39, 0.29) is 11.8 Å². The molecule has 3 aliphatic rings. The number of benzene rings is 1. The third-order valence-electron chi connectivity index (χ3n) is 5.98. The molecule has 2 saturated heterocycles. The van der Waals surface area contributed by atoms with Gasteiger partial charge in [0.25, 0.3) is 0 Å². The first-order valence-corrected chi connectivity index (χ1v) is 9.73. The standard InChI is InChI=1S/C20H28N4O2/c1-22-12-14-24(15-13-22)19(26)20(8-9-20)18(25)21-16-4-6-17(7-5-16)23-10-2-3-11-23/h4-7H,2-3,8-15H2,1H3,(H,21,25). The van der Waals surface area contributed by atoms with E-state index in [9.17, 15) is 9.59 Å². The van der Waals surface area contributed by atoms with Crippen LogP contribution in [-0.2, 0) is 9.59 Å². The van der Waals surface area contributed by atoms with Crippen LogP contribution in [0, 0.1) is 5.41 Å². The van der Waals surface area contributed by atoms with Gasteiger partial charge in [0.2, 0.25) is 11.8 Å². The minimum absolute atomic E-state index is 0.0109. The fourth-order valence-corrected chi connectivity index (χ4v) is 3.96. The molecule has 0 bridgehead atoms. The maximum Gasteiger partial charge on any atom is 0.240 e. The quantitative estimate of drug-likeness (QED) is 0.836. The number of anilines is 2. The average molecular weight is 356 g/mol. The van der Waals surface area contributed by atoms with Crippen LogP contribution in [-0.4, -0.2) is 67.9 Å². The number of nitrogens with zero attached hydrogens (tertiary/aromatic N) is 3. The summed E-state index contributed by atoms with van der Waals surface area (Å²) in [6.07, 6.45) is 3.82. The molecule has 6 heteroatoms. The molecule has 0 unspecified atom stereocenters. The largest absolute Gasteiger partial charge is 0.372 e. The highest BCUT2D eigenvalue weighted by Crippen LogP contribution is 2.48. The van der Waals surface area contributed by atoms with Gasteiger partial charge in [0.15, 0.2) is 0 Å². The van der Waals surface area contributed by atoms with Crippen molar-refractivity contribution >= 4 is 23.2 Å². The zero-order chi connectivity index (χ0) is 18.1. The highest BCUT2D eigenvalue weighted by Gasteiger charge is 2.58.